The topological polar surface area (TPSA) is 24.9 Å². The van der Waals surface area contributed by atoms with Crippen LogP contribution in [0.2, 0.25) is 0 Å². The zero-order chi connectivity index (χ0) is 12.0. The van der Waals surface area contributed by atoms with E-state index in [9.17, 15) is 4.39 Å². The van der Waals surface area contributed by atoms with Gasteiger partial charge in [-0.05, 0) is 37.4 Å². The zero-order valence-corrected chi connectivity index (χ0v) is 10.3. The summed E-state index contributed by atoms with van der Waals surface area (Å²) in [6.45, 7) is 7.28. The van der Waals surface area contributed by atoms with Crippen LogP contribution >= 0.6 is 0 Å². The molecule has 0 fully saturated rings. The summed E-state index contributed by atoms with van der Waals surface area (Å²) in [6, 6.07) is 3.13. The number of rotatable bonds is 6. The van der Waals surface area contributed by atoms with Gasteiger partial charge in [-0.2, -0.15) is 0 Å². The van der Waals surface area contributed by atoms with Crippen LogP contribution in [-0.4, -0.2) is 11.5 Å². The molecule has 0 aliphatic heterocycles. The fourth-order valence-corrected chi connectivity index (χ4v) is 1.74. The van der Waals surface area contributed by atoms with E-state index in [0.717, 1.165) is 19.4 Å². The van der Waals surface area contributed by atoms with Gasteiger partial charge in [-0.3, -0.25) is 4.98 Å². The van der Waals surface area contributed by atoms with Gasteiger partial charge < -0.3 is 5.32 Å². The third-order valence-corrected chi connectivity index (χ3v) is 2.46. The van der Waals surface area contributed by atoms with Gasteiger partial charge in [-0.25, -0.2) is 4.39 Å². The lowest BCUT2D eigenvalue weighted by atomic mass is 10.00. The Kier molecular flexibility index (Phi) is 5.39. The molecule has 1 rings (SSSR count). The first-order chi connectivity index (χ1) is 7.65. The van der Waals surface area contributed by atoms with Crippen molar-refractivity contribution in [2.45, 2.75) is 39.7 Å². The van der Waals surface area contributed by atoms with Crippen molar-refractivity contribution < 1.29 is 4.39 Å². The van der Waals surface area contributed by atoms with Crippen LogP contribution in [0.4, 0.5) is 4.39 Å². The van der Waals surface area contributed by atoms with Crippen LogP contribution in [0.5, 0.6) is 0 Å². The molecule has 0 spiro atoms. The van der Waals surface area contributed by atoms with Crippen molar-refractivity contribution >= 4 is 0 Å². The van der Waals surface area contributed by atoms with Crippen molar-refractivity contribution in [1.82, 2.24) is 10.3 Å². The zero-order valence-electron chi connectivity index (χ0n) is 10.3. The lowest BCUT2D eigenvalue weighted by Crippen LogP contribution is -2.25. The Morgan fingerprint density at radius 1 is 1.44 bits per heavy atom. The number of pyridine rings is 1. The monoisotopic (exact) mass is 224 g/mol. The average Bonchev–Trinajstić information content (AvgIpc) is 2.24. The van der Waals surface area contributed by atoms with Crippen LogP contribution in [0.25, 0.3) is 0 Å². The minimum atomic E-state index is -0.211. The molecule has 3 heteroatoms. The molecule has 1 unspecified atom stereocenters. The molecule has 0 saturated heterocycles. The Balaban J connectivity index is 2.78. The molecule has 1 aromatic heterocycles. The number of aromatic nitrogens is 1. The molecule has 0 amide bonds. The van der Waals surface area contributed by atoms with Gasteiger partial charge in [0.15, 0.2) is 0 Å². The normalized spacial score (nSPS) is 13.1. The molecule has 0 saturated carbocycles. The van der Waals surface area contributed by atoms with Crippen molar-refractivity contribution in [3.63, 3.8) is 0 Å². The molecule has 1 heterocycles. The summed E-state index contributed by atoms with van der Waals surface area (Å²) in [6.07, 6.45) is 3.61. The molecule has 2 nitrogen and oxygen atoms in total. The minimum absolute atomic E-state index is 0.0288. The Morgan fingerprint density at radius 3 is 2.75 bits per heavy atom. The summed E-state index contributed by atoms with van der Waals surface area (Å²) in [4.78, 5) is 4.15. The van der Waals surface area contributed by atoms with Crippen LogP contribution in [0, 0.1) is 11.7 Å². The third-order valence-electron chi connectivity index (χ3n) is 2.46. The molecule has 90 valence electrons. The van der Waals surface area contributed by atoms with Gasteiger partial charge in [0, 0.05) is 6.20 Å². The highest BCUT2D eigenvalue weighted by Gasteiger charge is 2.17. The highest BCUT2D eigenvalue weighted by atomic mass is 19.1. The molecule has 1 aromatic rings. The molecule has 1 atom stereocenters. The van der Waals surface area contributed by atoms with Gasteiger partial charge in [-0.15, -0.1) is 0 Å². The van der Waals surface area contributed by atoms with Gasteiger partial charge in [0.25, 0.3) is 0 Å². The lowest BCUT2D eigenvalue weighted by Gasteiger charge is -2.20. The van der Waals surface area contributed by atoms with Crippen LogP contribution in [-0.2, 0) is 0 Å². The lowest BCUT2D eigenvalue weighted by molar-refractivity contribution is 0.407. The van der Waals surface area contributed by atoms with E-state index in [1.165, 1.54) is 6.07 Å². The first-order valence-electron chi connectivity index (χ1n) is 5.99. The summed E-state index contributed by atoms with van der Waals surface area (Å²) in [5, 5.41) is 3.36. The Bertz CT molecular complexity index is 313. The predicted molar refractivity (Wildman–Crippen MR) is 64.7 cm³/mol. The highest BCUT2D eigenvalue weighted by molar-refractivity contribution is 5.11. The van der Waals surface area contributed by atoms with E-state index in [-0.39, 0.29) is 11.9 Å². The fourth-order valence-electron chi connectivity index (χ4n) is 1.74. The second kappa shape index (κ2) is 6.59. The van der Waals surface area contributed by atoms with Crippen LogP contribution < -0.4 is 5.32 Å². The third kappa shape index (κ3) is 3.89. The van der Waals surface area contributed by atoms with E-state index in [1.54, 1.807) is 12.3 Å². The van der Waals surface area contributed by atoms with E-state index in [0.29, 0.717) is 11.6 Å². The summed E-state index contributed by atoms with van der Waals surface area (Å²) >= 11 is 0. The Hall–Kier alpha value is -0.960. The molecule has 1 N–H and O–H groups in total. The second-order valence-corrected chi connectivity index (χ2v) is 4.51. The van der Waals surface area contributed by atoms with Gasteiger partial charge in [0.05, 0.1) is 11.7 Å². The first-order valence-corrected chi connectivity index (χ1v) is 5.99. The highest BCUT2D eigenvalue weighted by Crippen LogP contribution is 2.21. The largest absolute Gasteiger partial charge is 0.309 e. The number of hydrogen-bond donors (Lipinski definition) is 1. The second-order valence-electron chi connectivity index (χ2n) is 4.51. The molecule has 16 heavy (non-hydrogen) atoms. The standard InChI is InChI=1S/C13H21FN2/c1-4-7-15-12(9-10(2)3)13-11(14)6-5-8-16-13/h5-6,8,10,12,15H,4,7,9H2,1-3H3. The minimum Gasteiger partial charge on any atom is -0.309 e. The van der Waals surface area contributed by atoms with Gasteiger partial charge in [0.2, 0.25) is 0 Å². The van der Waals surface area contributed by atoms with E-state index in [2.05, 4.69) is 31.1 Å². The van der Waals surface area contributed by atoms with E-state index in [4.69, 9.17) is 0 Å². The van der Waals surface area contributed by atoms with Crippen molar-refractivity contribution in [3.8, 4) is 0 Å². The number of hydrogen-bond acceptors (Lipinski definition) is 2. The number of nitrogens with one attached hydrogen (secondary N) is 1. The van der Waals surface area contributed by atoms with Crippen molar-refractivity contribution in [2.75, 3.05) is 6.54 Å². The summed E-state index contributed by atoms with van der Waals surface area (Å²) in [5.74, 6) is 0.313. The Labute approximate surface area is 97.3 Å². The molecule has 0 radical (unpaired) electrons. The molecule has 0 bridgehead atoms. The van der Waals surface area contributed by atoms with E-state index < -0.39 is 0 Å². The van der Waals surface area contributed by atoms with E-state index >= 15 is 0 Å². The predicted octanol–water partition coefficient (Wildman–Crippen LogP) is 3.31. The van der Waals surface area contributed by atoms with Crippen molar-refractivity contribution in [3.05, 3.63) is 29.8 Å². The van der Waals surface area contributed by atoms with Crippen LogP contribution in [0.3, 0.4) is 0 Å². The van der Waals surface area contributed by atoms with Crippen molar-refractivity contribution in [2.24, 2.45) is 5.92 Å². The number of nitrogens with zero attached hydrogens (tertiary/aromatic N) is 1. The Morgan fingerprint density at radius 2 is 2.19 bits per heavy atom. The van der Waals surface area contributed by atoms with Gasteiger partial charge in [0.1, 0.15) is 5.82 Å². The first kappa shape index (κ1) is 13.1. The molecule has 0 aromatic carbocycles. The van der Waals surface area contributed by atoms with E-state index in [1.807, 2.05) is 0 Å². The van der Waals surface area contributed by atoms with Crippen LogP contribution in [0.15, 0.2) is 18.3 Å². The summed E-state index contributed by atoms with van der Waals surface area (Å²) in [7, 11) is 0. The van der Waals surface area contributed by atoms with Crippen LogP contribution in [0.1, 0.15) is 45.3 Å². The maximum atomic E-state index is 13.6. The SMILES string of the molecule is CCCNC(CC(C)C)c1ncccc1F. The smallest absolute Gasteiger partial charge is 0.146 e. The average molecular weight is 224 g/mol. The summed E-state index contributed by atoms with van der Waals surface area (Å²) < 4.78 is 13.6. The summed E-state index contributed by atoms with van der Waals surface area (Å²) in [5.41, 5.74) is 0.546. The van der Waals surface area contributed by atoms with Crippen molar-refractivity contribution in [1.29, 1.82) is 0 Å². The molecule has 0 aliphatic carbocycles. The maximum Gasteiger partial charge on any atom is 0.146 e. The molecule has 0 aliphatic rings. The molecular weight excluding hydrogens is 203 g/mol. The molecular formula is C13H21FN2. The fraction of sp³-hybridized carbons (Fsp3) is 0.615. The van der Waals surface area contributed by atoms with Gasteiger partial charge >= 0.3 is 0 Å². The maximum absolute atomic E-state index is 13.6. The quantitative estimate of drug-likeness (QED) is 0.802. The number of halogens is 1. The van der Waals surface area contributed by atoms with Gasteiger partial charge in [-0.1, -0.05) is 20.8 Å².